The van der Waals surface area contributed by atoms with E-state index in [4.69, 9.17) is 11.5 Å². The molecule has 0 atom stereocenters. The topological polar surface area (TPSA) is 94.0 Å². The molecule has 0 saturated heterocycles. The van der Waals surface area contributed by atoms with Crippen LogP contribution in [0, 0.1) is 11.6 Å². The monoisotopic (exact) mass is 352 g/mol. The Bertz CT molecular complexity index is 757. The normalized spacial score (nSPS) is 20.8. The van der Waals surface area contributed by atoms with Gasteiger partial charge >= 0.3 is 0 Å². The summed E-state index contributed by atoms with van der Waals surface area (Å²) in [4.78, 5) is 15.5. The third-order valence-corrected chi connectivity index (χ3v) is 5.28. The molecule has 24 heavy (non-hydrogen) atoms. The summed E-state index contributed by atoms with van der Waals surface area (Å²) >= 11 is 1.19. The minimum atomic E-state index is -0.921. The Morgan fingerprint density at radius 3 is 2.62 bits per heavy atom. The number of hydrogen-bond acceptors (Lipinski definition) is 6. The lowest BCUT2D eigenvalue weighted by molar-refractivity contribution is 0.111. The molecule has 0 amide bonds. The van der Waals surface area contributed by atoms with E-state index in [-0.39, 0.29) is 29.8 Å². The van der Waals surface area contributed by atoms with E-state index in [1.807, 2.05) is 0 Å². The van der Waals surface area contributed by atoms with E-state index >= 15 is 0 Å². The van der Waals surface area contributed by atoms with Gasteiger partial charge in [-0.1, -0.05) is 11.3 Å². The zero-order valence-electron chi connectivity index (χ0n) is 12.9. The fraction of sp³-hybridized carbons (Fsp3) is 0.375. The number of rotatable bonds is 4. The number of hydrogen-bond donors (Lipinski definition) is 3. The highest BCUT2D eigenvalue weighted by Gasteiger charge is 2.22. The molecule has 0 bridgehead atoms. The third-order valence-electron chi connectivity index (χ3n) is 4.24. The lowest BCUT2D eigenvalue weighted by Crippen LogP contribution is -2.32. The number of anilines is 2. The highest BCUT2D eigenvalue weighted by Crippen LogP contribution is 2.38. The van der Waals surface area contributed by atoms with Gasteiger partial charge in [0.15, 0.2) is 11.4 Å². The van der Waals surface area contributed by atoms with Gasteiger partial charge in [-0.2, -0.15) is 0 Å². The Morgan fingerprint density at radius 2 is 1.96 bits per heavy atom. The molecule has 0 spiro atoms. The number of carbonyl (C=O) groups is 1. The molecule has 1 aliphatic carbocycles. The summed E-state index contributed by atoms with van der Waals surface area (Å²) in [7, 11) is 0. The highest BCUT2D eigenvalue weighted by atomic mass is 32.1. The summed E-state index contributed by atoms with van der Waals surface area (Å²) in [5.41, 5.74) is 11.3. The van der Waals surface area contributed by atoms with Crippen molar-refractivity contribution in [2.24, 2.45) is 5.73 Å². The van der Waals surface area contributed by atoms with Crippen LogP contribution in [0.5, 0.6) is 0 Å². The van der Waals surface area contributed by atoms with Crippen LogP contribution in [0.1, 0.15) is 36.0 Å². The van der Waals surface area contributed by atoms with Gasteiger partial charge < -0.3 is 16.8 Å². The van der Waals surface area contributed by atoms with E-state index in [2.05, 4.69) is 10.3 Å². The zero-order valence-corrected chi connectivity index (χ0v) is 13.7. The van der Waals surface area contributed by atoms with Gasteiger partial charge in [-0.25, -0.2) is 13.8 Å². The second-order valence-electron chi connectivity index (χ2n) is 5.93. The van der Waals surface area contributed by atoms with Gasteiger partial charge in [0.25, 0.3) is 0 Å². The molecule has 1 heterocycles. The van der Waals surface area contributed by atoms with E-state index < -0.39 is 17.2 Å². The van der Waals surface area contributed by atoms with Gasteiger partial charge in [-0.05, 0) is 37.8 Å². The standard InChI is InChI=1S/C16H18F2N4OS/c17-12-6-5-10(13(18)11(12)7-23)14-15(20)22-16(24-14)21-9-3-1-8(19)2-4-9/h5-9H,1-4,19-20H2,(H,21,22). The van der Waals surface area contributed by atoms with Gasteiger partial charge in [-0.15, -0.1) is 0 Å². The molecular formula is C16H18F2N4OS. The largest absolute Gasteiger partial charge is 0.382 e. The molecule has 5 nitrogen and oxygen atoms in total. The van der Waals surface area contributed by atoms with E-state index in [9.17, 15) is 13.6 Å². The second kappa shape index (κ2) is 6.82. The molecule has 8 heteroatoms. The van der Waals surface area contributed by atoms with Crippen LogP contribution in [0.3, 0.4) is 0 Å². The molecule has 1 fully saturated rings. The first-order valence-corrected chi connectivity index (χ1v) is 8.53. The molecule has 128 valence electrons. The molecule has 0 radical (unpaired) electrons. The van der Waals surface area contributed by atoms with Crippen LogP contribution in [0.25, 0.3) is 10.4 Å². The van der Waals surface area contributed by atoms with Crippen LogP contribution in [0.4, 0.5) is 19.7 Å². The predicted molar refractivity (Wildman–Crippen MR) is 91.1 cm³/mol. The summed E-state index contributed by atoms with van der Waals surface area (Å²) in [5.74, 6) is -1.67. The van der Waals surface area contributed by atoms with E-state index in [0.717, 1.165) is 31.7 Å². The molecule has 1 aromatic carbocycles. The van der Waals surface area contributed by atoms with Crippen LogP contribution < -0.4 is 16.8 Å². The van der Waals surface area contributed by atoms with Crippen LogP contribution in [-0.4, -0.2) is 23.4 Å². The van der Waals surface area contributed by atoms with Crippen molar-refractivity contribution in [1.82, 2.24) is 4.98 Å². The molecule has 5 N–H and O–H groups in total. The number of thiazole rings is 1. The van der Waals surface area contributed by atoms with Gasteiger partial charge in [0.2, 0.25) is 0 Å². The second-order valence-corrected chi connectivity index (χ2v) is 6.93. The van der Waals surface area contributed by atoms with Gasteiger partial charge in [0, 0.05) is 17.6 Å². The molecule has 0 aliphatic heterocycles. The minimum absolute atomic E-state index is 0.0761. The van der Waals surface area contributed by atoms with Gasteiger partial charge in [0.1, 0.15) is 17.5 Å². The summed E-state index contributed by atoms with van der Waals surface area (Å²) in [5, 5.41) is 3.88. The summed E-state index contributed by atoms with van der Waals surface area (Å²) in [6, 6.07) is 2.82. The molecule has 0 unspecified atom stereocenters. The molecule has 1 aromatic heterocycles. The van der Waals surface area contributed by atoms with Crippen LogP contribution in [-0.2, 0) is 0 Å². The molecule has 1 saturated carbocycles. The maximum absolute atomic E-state index is 14.3. The number of nitrogens with one attached hydrogen (secondary N) is 1. The highest BCUT2D eigenvalue weighted by molar-refractivity contribution is 7.19. The van der Waals surface area contributed by atoms with Crippen LogP contribution in [0.15, 0.2) is 12.1 Å². The average molecular weight is 352 g/mol. The number of benzene rings is 1. The van der Waals surface area contributed by atoms with Crippen LogP contribution in [0.2, 0.25) is 0 Å². The van der Waals surface area contributed by atoms with Crippen molar-refractivity contribution in [1.29, 1.82) is 0 Å². The van der Waals surface area contributed by atoms with Crippen molar-refractivity contribution in [2.75, 3.05) is 11.1 Å². The SMILES string of the molecule is Nc1nc(NC2CCC(N)CC2)sc1-c1ccc(F)c(C=O)c1F. The first-order chi connectivity index (χ1) is 11.5. The van der Waals surface area contributed by atoms with Crippen molar-refractivity contribution < 1.29 is 13.6 Å². The van der Waals surface area contributed by atoms with Gasteiger partial charge in [-0.3, -0.25) is 4.79 Å². The Morgan fingerprint density at radius 1 is 1.25 bits per heavy atom. The predicted octanol–water partition coefficient (Wildman–Crippen LogP) is 3.16. The number of aromatic nitrogens is 1. The summed E-state index contributed by atoms with van der Waals surface area (Å²) in [6.45, 7) is 0. The third kappa shape index (κ3) is 3.25. The van der Waals surface area contributed by atoms with Crippen molar-refractivity contribution in [3.8, 4) is 10.4 Å². The maximum atomic E-state index is 14.3. The fourth-order valence-electron chi connectivity index (χ4n) is 2.88. The lowest BCUT2D eigenvalue weighted by atomic mass is 9.92. The van der Waals surface area contributed by atoms with Crippen molar-refractivity contribution in [2.45, 2.75) is 37.8 Å². The average Bonchev–Trinajstić information content (AvgIpc) is 2.90. The molecule has 2 aromatic rings. The van der Waals surface area contributed by atoms with E-state index in [0.29, 0.717) is 10.0 Å². The van der Waals surface area contributed by atoms with Crippen LogP contribution >= 0.6 is 11.3 Å². The Balaban J connectivity index is 1.86. The summed E-state index contributed by atoms with van der Waals surface area (Å²) in [6.07, 6.45) is 3.93. The van der Waals surface area contributed by atoms with E-state index in [1.165, 1.54) is 17.4 Å². The number of halogens is 2. The summed E-state index contributed by atoms with van der Waals surface area (Å²) < 4.78 is 27.8. The number of nitrogens with two attached hydrogens (primary N) is 2. The maximum Gasteiger partial charge on any atom is 0.185 e. The fourth-order valence-corrected chi connectivity index (χ4v) is 3.86. The smallest absolute Gasteiger partial charge is 0.185 e. The first kappa shape index (κ1) is 16.8. The Hall–Kier alpha value is -2.06. The van der Waals surface area contributed by atoms with Crippen molar-refractivity contribution in [3.05, 3.63) is 29.3 Å². The molecule has 1 aliphatic rings. The van der Waals surface area contributed by atoms with Crippen molar-refractivity contribution in [3.63, 3.8) is 0 Å². The number of nitrogen functional groups attached to an aromatic ring is 1. The quantitative estimate of drug-likeness (QED) is 0.735. The number of nitrogens with zero attached hydrogens (tertiary/aromatic N) is 1. The number of carbonyl (C=O) groups excluding carboxylic acids is 1. The first-order valence-electron chi connectivity index (χ1n) is 7.71. The Kier molecular flexibility index (Phi) is 4.77. The van der Waals surface area contributed by atoms with Crippen molar-refractivity contribution >= 4 is 28.6 Å². The minimum Gasteiger partial charge on any atom is -0.382 e. The van der Waals surface area contributed by atoms with Gasteiger partial charge in [0.05, 0.1) is 10.4 Å². The Labute approximate surface area is 142 Å². The number of aldehydes is 1. The molecule has 3 rings (SSSR count). The lowest BCUT2D eigenvalue weighted by Gasteiger charge is -2.26. The van der Waals surface area contributed by atoms with E-state index in [1.54, 1.807) is 0 Å². The zero-order chi connectivity index (χ0) is 17.3. The molecular weight excluding hydrogens is 334 g/mol.